The summed E-state index contributed by atoms with van der Waals surface area (Å²) in [7, 11) is 0. The number of aliphatic hydroxyl groups excluding tert-OH is 1. The van der Waals surface area contributed by atoms with E-state index >= 15 is 0 Å². The Morgan fingerprint density at radius 2 is 1.92 bits per heavy atom. The number of aliphatic hydroxyl groups is 1. The second-order valence-electron chi connectivity index (χ2n) is 5.48. The van der Waals surface area contributed by atoms with E-state index < -0.39 is 0 Å². The first-order valence-electron chi connectivity index (χ1n) is 8.05. The Morgan fingerprint density at radius 1 is 1.08 bits per heavy atom. The zero-order chi connectivity index (χ0) is 17.2. The van der Waals surface area contributed by atoms with Crippen LogP contribution in [0.1, 0.15) is 16.7 Å². The molecule has 0 fully saturated rings. The molecule has 2 aromatic carbocycles. The van der Waals surface area contributed by atoms with Gasteiger partial charge < -0.3 is 19.9 Å². The summed E-state index contributed by atoms with van der Waals surface area (Å²) in [4.78, 5) is 0. The molecule has 0 spiro atoms. The summed E-state index contributed by atoms with van der Waals surface area (Å²) in [5.74, 6) is 0.880. The largest absolute Gasteiger partial charge is 0.489 e. The van der Waals surface area contributed by atoms with Gasteiger partial charge in [0.15, 0.2) is 0 Å². The molecule has 0 aliphatic carbocycles. The first-order valence-corrected chi connectivity index (χ1v) is 8.85. The molecule has 2 N–H and O–H groups in total. The van der Waals surface area contributed by atoms with E-state index in [9.17, 15) is 0 Å². The molecule has 130 valence electrons. The summed E-state index contributed by atoms with van der Waals surface area (Å²) in [5.41, 5.74) is 3.52. The lowest BCUT2D eigenvalue weighted by Gasteiger charge is -2.14. The highest BCUT2D eigenvalue weighted by atomic mass is 79.9. The Morgan fingerprint density at radius 3 is 2.71 bits per heavy atom. The van der Waals surface area contributed by atoms with Crippen LogP contribution in [0.3, 0.4) is 0 Å². The van der Waals surface area contributed by atoms with Crippen molar-refractivity contribution in [2.75, 3.05) is 26.4 Å². The number of halogens is 1. The van der Waals surface area contributed by atoms with Crippen molar-refractivity contribution in [2.24, 2.45) is 0 Å². The maximum absolute atomic E-state index is 8.67. The Labute approximate surface area is 151 Å². The second-order valence-corrected chi connectivity index (χ2v) is 6.40. The quantitative estimate of drug-likeness (QED) is 0.607. The third-order valence-electron chi connectivity index (χ3n) is 3.64. The Hall–Kier alpha value is -1.40. The van der Waals surface area contributed by atoms with E-state index in [-0.39, 0.29) is 6.61 Å². The van der Waals surface area contributed by atoms with Crippen molar-refractivity contribution in [3.63, 3.8) is 0 Å². The highest BCUT2D eigenvalue weighted by Gasteiger charge is 2.06. The smallest absolute Gasteiger partial charge is 0.124 e. The van der Waals surface area contributed by atoms with Gasteiger partial charge in [-0.2, -0.15) is 0 Å². The van der Waals surface area contributed by atoms with Crippen molar-refractivity contribution >= 4 is 15.9 Å². The Balaban J connectivity index is 1.91. The molecule has 0 unspecified atom stereocenters. The molecule has 0 heterocycles. The average Bonchev–Trinajstić information content (AvgIpc) is 2.58. The number of hydrogen-bond donors (Lipinski definition) is 2. The van der Waals surface area contributed by atoms with Crippen LogP contribution in [0.15, 0.2) is 46.9 Å². The molecule has 2 rings (SSSR count). The van der Waals surface area contributed by atoms with Crippen molar-refractivity contribution in [1.29, 1.82) is 0 Å². The van der Waals surface area contributed by atoms with Gasteiger partial charge in [0, 0.05) is 23.1 Å². The van der Waals surface area contributed by atoms with E-state index in [1.807, 2.05) is 24.3 Å². The summed E-state index contributed by atoms with van der Waals surface area (Å²) in [6.45, 7) is 5.09. The summed E-state index contributed by atoms with van der Waals surface area (Å²) >= 11 is 3.51. The van der Waals surface area contributed by atoms with Crippen molar-refractivity contribution in [3.05, 3.63) is 63.6 Å². The van der Waals surface area contributed by atoms with E-state index in [0.717, 1.165) is 22.3 Å². The number of aryl methyl sites for hydroxylation is 1. The van der Waals surface area contributed by atoms with Crippen molar-refractivity contribution in [1.82, 2.24) is 5.32 Å². The molecule has 0 radical (unpaired) electrons. The monoisotopic (exact) mass is 393 g/mol. The van der Waals surface area contributed by atoms with Crippen LogP contribution in [0, 0.1) is 6.92 Å². The van der Waals surface area contributed by atoms with Crippen molar-refractivity contribution < 1.29 is 14.6 Å². The standard InChI is InChI=1S/C19H24BrNO3/c1-15-4-2-3-5-16(15)14-24-19-7-6-18(20)12-17(19)13-21-8-10-23-11-9-22/h2-7,12,21-22H,8-11,13-14H2,1H3. The van der Waals surface area contributed by atoms with E-state index in [0.29, 0.717) is 26.4 Å². The molecular weight excluding hydrogens is 370 g/mol. The maximum atomic E-state index is 8.67. The van der Waals surface area contributed by atoms with E-state index in [2.05, 4.69) is 46.4 Å². The number of ether oxygens (including phenoxy) is 2. The van der Waals surface area contributed by atoms with Crippen LogP contribution in [-0.4, -0.2) is 31.5 Å². The topological polar surface area (TPSA) is 50.7 Å². The molecule has 0 aromatic heterocycles. The van der Waals surface area contributed by atoms with Crippen LogP contribution in [0.2, 0.25) is 0 Å². The molecule has 4 nitrogen and oxygen atoms in total. The van der Waals surface area contributed by atoms with Gasteiger partial charge in [-0.25, -0.2) is 0 Å². The van der Waals surface area contributed by atoms with Crippen LogP contribution < -0.4 is 10.1 Å². The molecule has 0 aliphatic rings. The van der Waals surface area contributed by atoms with Gasteiger partial charge in [-0.3, -0.25) is 0 Å². The Bertz CT molecular complexity index is 634. The predicted molar refractivity (Wildman–Crippen MR) is 99.3 cm³/mol. The van der Waals surface area contributed by atoms with E-state index in [4.69, 9.17) is 14.6 Å². The van der Waals surface area contributed by atoms with Gasteiger partial charge >= 0.3 is 0 Å². The zero-order valence-electron chi connectivity index (χ0n) is 13.9. The lowest BCUT2D eigenvalue weighted by atomic mass is 10.1. The minimum absolute atomic E-state index is 0.0581. The van der Waals surface area contributed by atoms with Gasteiger partial charge in [0.2, 0.25) is 0 Å². The summed E-state index contributed by atoms with van der Waals surface area (Å²) < 4.78 is 12.3. The molecule has 24 heavy (non-hydrogen) atoms. The summed E-state index contributed by atoms with van der Waals surface area (Å²) in [5, 5.41) is 12.0. The molecule has 5 heteroatoms. The first kappa shape index (κ1) is 18.9. The highest BCUT2D eigenvalue weighted by molar-refractivity contribution is 9.10. The van der Waals surface area contributed by atoms with Crippen LogP contribution >= 0.6 is 15.9 Å². The molecule has 0 saturated heterocycles. The third kappa shape index (κ3) is 6.24. The van der Waals surface area contributed by atoms with Gasteiger partial charge in [0.1, 0.15) is 12.4 Å². The fourth-order valence-corrected chi connectivity index (χ4v) is 2.70. The molecule has 0 saturated carbocycles. The molecule has 2 aromatic rings. The molecule has 0 aliphatic heterocycles. The second kappa shape index (κ2) is 10.5. The lowest BCUT2D eigenvalue weighted by Crippen LogP contribution is -2.20. The van der Waals surface area contributed by atoms with Gasteiger partial charge in [-0.05, 0) is 36.2 Å². The van der Waals surface area contributed by atoms with E-state index in [1.165, 1.54) is 11.1 Å². The van der Waals surface area contributed by atoms with Gasteiger partial charge in [-0.1, -0.05) is 40.2 Å². The SMILES string of the molecule is Cc1ccccc1COc1ccc(Br)cc1CNCCOCCO. The van der Waals surface area contributed by atoms with Gasteiger partial charge in [-0.15, -0.1) is 0 Å². The average molecular weight is 394 g/mol. The Kier molecular flexibility index (Phi) is 8.25. The number of hydrogen-bond acceptors (Lipinski definition) is 4. The fraction of sp³-hybridized carbons (Fsp3) is 0.368. The van der Waals surface area contributed by atoms with Crippen molar-refractivity contribution in [3.8, 4) is 5.75 Å². The van der Waals surface area contributed by atoms with Crippen LogP contribution in [-0.2, 0) is 17.9 Å². The number of nitrogens with one attached hydrogen (secondary N) is 1. The van der Waals surface area contributed by atoms with Crippen LogP contribution in [0.25, 0.3) is 0 Å². The van der Waals surface area contributed by atoms with Gasteiger partial charge in [0.25, 0.3) is 0 Å². The minimum Gasteiger partial charge on any atom is -0.489 e. The number of benzene rings is 2. The predicted octanol–water partition coefficient (Wildman–Crippen LogP) is 3.44. The summed E-state index contributed by atoms with van der Waals surface area (Å²) in [6.07, 6.45) is 0. The molecule has 0 atom stereocenters. The zero-order valence-corrected chi connectivity index (χ0v) is 15.5. The first-order chi connectivity index (χ1) is 11.7. The normalized spacial score (nSPS) is 10.8. The number of rotatable bonds is 10. The van der Waals surface area contributed by atoms with Crippen LogP contribution in [0.4, 0.5) is 0 Å². The molecule has 0 bridgehead atoms. The highest BCUT2D eigenvalue weighted by Crippen LogP contribution is 2.24. The van der Waals surface area contributed by atoms with Gasteiger partial charge in [0.05, 0.1) is 19.8 Å². The molecule has 0 amide bonds. The summed E-state index contributed by atoms with van der Waals surface area (Å²) in [6, 6.07) is 14.3. The maximum Gasteiger partial charge on any atom is 0.124 e. The molecular formula is C19H24BrNO3. The fourth-order valence-electron chi connectivity index (χ4n) is 2.29. The third-order valence-corrected chi connectivity index (χ3v) is 4.13. The van der Waals surface area contributed by atoms with Crippen molar-refractivity contribution in [2.45, 2.75) is 20.1 Å². The van der Waals surface area contributed by atoms with E-state index in [1.54, 1.807) is 0 Å². The van der Waals surface area contributed by atoms with Crippen LogP contribution in [0.5, 0.6) is 5.75 Å². The lowest BCUT2D eigenvalue weighted by molar-refractivity contribution is 0.0937. The minimum atomic E-state index is 0.0581.